The van der Waals surface area contributed by atoms with Gasteiger partial charge in [-0.3, -0.25) is 4.79 Å². The second-order valence-corrected chi connectivity index (χ2v) is 4.99. The lowest BCUT2D eigenvalue weighted by Crippen LogP contribution is -2.33. The molecule has 0 heterocycles. The first-order valence-corrected chi connectivity index (χ1v) is 6.87. The number of hydrogen-bond donors (Lipinski definition) is 2. The highest BCUT2D eigenvalue weighted by atomic mass is 19.1. The molecule has 1 aliphatic carbocycles. The molecule has 0 aliphatic heterocycles. The van der Waals surface area contributed by atoms with Crippen molar-refractivity contribution in [3.05, 3.63) is 35.1 Å². The molecule has 0 radical (unpaired) electrons. The largest absolute Gasteiger partial charge is 0.384 e. The van der Waals surface area contributed by atoms with Crippen molar-refractivity contribution in [1.82, 2.24) is 5.32 Å². The van der Waals surface area contributed by atoms with Crippen molar-refractivity contribution in [3.8, 4) is 11.8 Å². The standard InChI is InChI=1S/C16H18FNO3/c1-21-14-7-6-13(10-14)18-16(20)15-9-12(17)5-4-11(15)3-2-8-19/h4-5,9,13-14,19H,6-8,10H2,1H3,(H,18,20). The van der Waals surface area contributed by atoms with Crippen molar-refractivity contribution in [2.45, 2.75) is 31.4 Å². The van der Waals surface area contributed by atoms with E-state index in [4.69, 9.17) is 9.84 Å². The Morgan fingerprint density at radius 3 is 3.00 bits per heavy atom. The molecule has 2 N–H and O–H groups in total. The van der Waals surface area contributed by atoms with E-state index in [2.05, 4.69) is 17.2 Å². The van der Waals surface area contributed by atoms with E-state index in [1.165, 1.54) is 18.2 Å². The summed E-state index contributed by atoms with van der Waals surface area (Å²) in [5, 5.41) is 11.6. The van der Waals surface area contributed by atoms with Gasteiger partial charge in [0.15, 0.2) is 0 Å². The van der Waals surface area contributed by atoms with Gasteiger partial charge in [0.1, 0.15) is 12.4 Å². The van der Waals surface area contributed by atoms with Crippen LogP contribution in [0.4, 0.5) is 4.39 Å². The highest BCUT2D eigenvalue weighted by molar-refractivity contribution is 5.97. The zero-order valence-corrected chi connectivity index (χ0v) is 11.9. The van der Waals surface area contributed by atoms with Gasteiger partial charge in [-0.2, -0.15) is 0 Å². The number of halogens is 1. The summed E-state index contributed by atoms with van der Waals surface area (Å²) in [5.74, 6) is 4.30. The van der Waals surface area contributed by atoms with Gasteiger partial charge >= 0.3 is 0 Å². The number of ether oxygens (including phenoxy) is 1. The highest BCUT2D eigenvalue weighted by Crippen LogP contribution is 2.22. The Morgan fingerprint density at radius 2 is 2.33 bits per heavy atom. The smallest absolute Gasteiger partial charge is 0.252 e. The lowest BCUT2D eigenvalue weighted by atomic mass is 10.1. The first-order valence-electron chi connectivity index (χ1n) is 6.87. The van der Waals surface area contributed by atoms with Gasteiger partial charge in [0.05, 0.1) is 11.7 Å². The monoisotopic (exact) mass is 291 g/mol. The van der Waals surface area contributed by atoms with Gasteiger partial charge in [0, 0.05) is 18.7 Å². The second kappa shape index (κ2) is 7.21. The third-order valence-corrected chi connectivity index (χ3v) is 3.58. The molecule has 0 bridgehead atoms. The average molecular weight is 291 g/mol. The third kappa shape index (κ3) is 4.03. The number of aliphatic hydroxyl groups excluding tert-OH is 1. The molecule has 21 heavy (non-hydrogen) atoms. The average Bonchev–Trinajstić information content (AvgIpc) is 2.93. The minimum absolute atomic E-state index is 0.0318. The van der Waals surface area contributed by atoms with Crippen LogP contribution in [-0.4, -0.2) is 36.9 Å². The fraction of sp³-hybridized carbons (Fsp3) is 0.438. The van der Waals surface area contributed by atoms with Crippen LogP contribution in [0.5, 0.6) is 0 Å². The van der Waals surface area contributed by atoms with Crippen LogP contribution in [0.15, 0.2) is 18.2 Å². The number of rotatable bonds is 3. The molecular formula is C16H18FNO3. The Morgan fingerprint density at radius 1 is 1.52 bits per heavy atom. The maximum absolute atomic E-state index is 13.4. The van der Waals surface area contributed by atoms with E-state index >= 15 is 0 Å². The van der Waals surface area contributed by atoms with Crippen molar-refractivity contribution in [2.75, 3.05) is 13.7 Å². The number of methoxy groups -OCH3 is 1. The molecule has 1 saturated carbocycles. The van der Waals surface area contributed by atoms with Gasteiger partial charge in [-0.25, -0.2) is 4.39 Å². The molecule has 0 aromatic heterocycles. The molecular weight excluding hydrogens is 273 g/mol. The Hall–Kier alpha value is -1.90. The number of amides is 1. The Kier molecular flexibility index (Phi) is 5.32. The van der Waals surface area contributed by atoms with Crippen LogP contribution in [-0.2, 0) is 4.74 Å². The van der Waals surface area contributed by atoms with Crippen LogP contribution in [0, 0.1) is 17.7 Å². The first-order chi connectivity index (χ1) is 10.1. The Balaban J connectivity index is 2.13. The number of benzene rings is 1. The summed E-state index contributed by atoms with van der Waals surface area (Å²) in [4.78, 5) is 12.3. The molecule has 5 heteroatoms. The van der Waals surface area contributed by atoms with Crippen molar-refractivity contribution in [1.29, 1.82) is 0 Å². The molecule has 1 fully saturated rings. The number of hydrogen-bond acceptors (Lipinski definition) is 3. The number of carbonyl (C=O) groups excluding carboxylic acids is 1. The Labute approximate surface area is 123 Å². The van der Waals surface area contributed by atoms with Crippen LogP contribution in [0.3, 0.4) is 0 Å². The maximum Gasteiger partial charge on any atom is 0.252 e. The summed E-state index contributed by atoms with van der Waals surface area (Å²) >= 11 is 0. The predicted octanol–water partition coefficient (Wildman–Crippen LogP) is 1.47. The summed E-state index contributed by atoms with van der Waals surface area (Å²) in [6, 6.07) is 3.89. The van der Waals surface area contributed by atoms with Gasteiger partial charge in [-0.1, -0.05) is 11.8 Å². The molecule has 0 spiro atoms. The first kappa shape index (κ1) is 15.5. The topological polar surface area (TPSA) is 58.6 Å². The summed E-state index contributed by atoms with van der Waals surface area (Å²) in [5.41, 5.74) is 0.598. The van der Waals surface area contributed by atoms with Crippen molar-refractivity contribution < 1.29 is 19.0 Å². The predicted molar refractivity (Wildman–Crippen MR) is 76.3 cm³/mol. The van der Waals surface area contributed by atoms with Gasteiger partial charge in [0.25, 0.3) is 5.91 Å². The zero-order valence-electron chi connectivity index (χ0n) is 11.9. The molecule has 1 aliphatic rings. The van der Waals surface area contributed by atoms with Crippen LogP contribution < -0.4 is 5.32 Å². The molecule has 1 amide bonds. The number of carbonyl (C=O) groups is 1. The zero-order chi connectivity index (χ0) is 15.2. The molecule has 2 rings (SSSR count). The van der Waals surface area contributed by atoms with Gasteiger partial charge in [-0.05, 0) is 37.5 Å². The number of nitrogens with one attached hydrogen (secondary N) is 1. The van der Waals surface area contributed by atoms with Crippen molar-refractivity contribution in [2.24, 2.45) is 0 Å². The summed E-state index contributed by atoms with van der Waals surface area (Å²) < 4.78 is 18.6. The molecule has 4 nitrogen and oxygen atoms in total. The Bertz CT molecular complexity index is 577. The minimum Gasteiger partial charge on any atom is -0.384 e. The van der Waals surface area contributed by atoms with Crippen LogP contribution >= 0.6 is 0 Å². The van der Waals surface area contributed by atoms with E-state index in [-0.39, 0.29) is 30.2 Å². The quantitative estimate of drug-likeness (QED) is 0.829. The lowest BCUT2D eigenvalue weighted by Gasteiger charge is -2.14. The third-order valence-electron chi connectivity index (χ3n) is 3.58. The van der Waals surface area contributed by atoms with E-state index in [0.29, 0.717) is 5.56 Å². The maximum atomic E-state index is 13.4. The molecule has 2 atom stereocenters. The van der Waals surface area contributed by atoms with Gasteiger partial charge < -0.3 is 15.2 Å². The molecule has 2 unspecified atom stereocenters. The fourth-order valence-electron chi connectivity index (χ4n) is 2.50. The molecule has 1 aromatic carbocycles. The van der Waals surface area contributed by atoms with E-state index in [9.17, 15) is 9.18 Å². The SMILES string of the molecule is COC1CCC(NC(=O)c2cc(F)ccc2C#CCO)C1. The van der Waals surface area contributed by atoms with Crippen molar-refractivity contribution >= 4 is 5.91 Å². The van der Waals surface area contributed by atoms with Crippen LogP contribution in [0.25, 0.3) is 0 Å². The summed E-state index contributed by atoms with van der Waals surface area (Å²) in [6.07, 6.45) is 2.67. The fourth-order valence-corrected chi connectivity index (χ4v) is 2.50. The second-order valence-electron chi connectivity index (χ2n) is 4.99. The van der Waals surface area contributed by atoms with E-state index in [1.54, 1.807) is 7.11 Å². The molecule has 0 saturated heterocycles. The van der Waals surface area contributed by atoms with Gasteiger partial charge in [-0.15, -0.1) is 0 Å². The number of aliphatic hydroxyl groups is 1. The molecule has 112 valence electrons. The summed E-state index contributed by atoms with van der Waals surface area (Å²) in [6.45, 7) is -0.309. The normalized spacial score (nSPS) is 20.7. The lowest BCUT2D eigenvalue weighted by molar-refractivity contribution is 0.0914. The van der Waals surface area contributed by atoms with E-state index in [0.717, 1.165) is 19.3 Å². The minimum atomic E-state index is -0.490. The van der Waals surface area contributed by atoms with Crippen LogP contribution in [0.1, 0.15) is 35.2 Å². The molecule has 1 aromatic rings. The highest BCUT2D eigenvalue weighted by Gasteiger charge is 2.26. The van der Waals surface area contributed by atoms with E-state index in [1.807, 2.05) is 0 Å². The van der Waals surface area contributed by atoms with E-state index < -0.39 is 5.82 Å². The van der Waals surface area contributed by atoms with Crippen LogP contribution in [0.2, 0.25) is 0 Å². The van der Waals surface area contributed by atoms with Gasteiger partial charge in [0.2, 0.25) is 0 Å². The summed E-state index contributed by atoms with van der Waals surface area (Å²) in [7, 11) is 1.66. The van der Waals surface area contributed by atoms with Crippen molar-refractivity contribution in [3.63, 3.8) is 0 Å².